The van der Waals surface area contributed by atoms with Gasteiger partial charge in [-0.15, -0.1) is 0 Å². The molecule has 0 spiro atoms. The molecule has 0 bridgehead atoms. The average molecular weight is 238 g/mol. The predicted octanol–water partition coefficient (Wildman–Crippen LogP) is 2.89. The monoisotopic (exact) mass is 238 g/mol. The highest BCUT2D eigenvalue weighted by Gasteiger charge is 2.32. The van der Waals surface area contributed by atoms with Crippen molar-refractivity contribution in [2.45, 2.75) is 65.0 Å². The van der Waals surface area contributed by atoms with Crippen LogP contribution in [0.5, 0.6) is 0 Å². The second-order valence-corrected chi connectivity index (χ2v) is 6.22. The van der Waals surface area contributed by atoms with Crippen molar-refractivity contribution in [3.63, 3.8) is 0 Å². The third-order valence-corrected chi connectivity index (χ3v) is 5.05. The van der Waals surface area contributed by atoms with Crippen molar-refractivity contribution >= 4 is 0 Å². The maximum atomic E-state index is 3.73. The summed E-state index contributed by atoms with van der Waals surface area (Å²) >= 11 is 0. The lowest BCUT2D eigenvalue weighted by molar-refractivity contribution is 0.0592. The van der Waals surface area contributed by atoms with Gasteiger partial charge < -0.3 is 5.32 Å². The van der Waals surface area contributed by atoms with Gasteiger partial charge in [-0.2, -0.15) is 0 Å². The van der Waals surface area contributed by atoms with Crippen molar-refractivity contribution in [1.29, 1.82) is 0 Å². The van der Waals surface area contributed by atoms with Crippen LogP contribution in [0.25, 0.3) is 0 Å². The van der Waals surface area contributed by atoms with E-state index in [4.69, 9.17) is 0 Å². The number of nitrogens with one attached hydrogen (secondary N) is 1. The molecule has 0 amide bonds. The minimum Gasteiger partial charge on any atom is -0.311 e. The topological polar surface area (TPSA) is 15.3 Å². The average Bonchev–Trinajstić information content (AvgIpc) is 2.32. The largest absolute Gasteiger partial charge is 0.311 e. The smallest absolute Gasteiger partial charge is 0.0246 e. The zero-order valence-corrected chi connectivity index (χ0v) is 11.9. The molecule has 1 aliphatic heterocycles. The Hall–Kier alpha value is -0.0800. The number of hydrogen-bond donors (Lipinski definition) is 1. The molecular weight excluding hydrogens is 208 g/mol. The highest BCUT2D eigenvalue weighted by molar-refractivity contribution is 4.89. The molecule has 0 aromatic carbocycles. The standard InChI is InChI=1S/C15H30N2/c1-4-12(3)15-9-16-14(5-2)11-17(15)10-13-7-6-8-13/h12-16H,4-11H2,1-3H3. The van der Waals surface area contributed by atoms with Gasteiger partial charge in [-0.1, -0.05) is 33.6 Å². The van der Waals surface area contributed by atoms with E-state index < -0.39 is 0 Å². The van der Waals surface area contributed by atoms with Gasteiger partial charge in [-0.05, 0) is 31.1 Å². The molecule has 2 rings (SSSR count). The van der Waals surface area contributed by atoms with Gasteiger partial charge in [0.25, 0.3) is 0 Å². The van der Waals surface area contributed by atoms with E-state index in [-0.39, 0.29) is 0 Å². The maximum Gasteiger partial charge on any atom is 0.0246 e. The van der Waals surface area contributed by atoms with Gasteiger partial charge in [0.05, 0.1) is 0 Å². The molecule has 3 unspecified atom stereocenters. The summed E-state index contributed by atoms with van der Waals surface area (Å²) in [7, 11) is 0. The van der Waals surface area contributed by atoms with Gasteiger partial charge in [0.1, 0.15) is 0 Å². The molecular formula is C15H30N2. The number of rotatable bonds is 5. The molecule has 2 heteroatoms. The molecule has 0 aromatic rings. The Bertz CT molecular complexity index is 223. The lowest BCUT2D eigenvalue weighted by Gasteiger charge is -2.45. The molecule has 17 heavy (non-hydrogen) atoms. The Morgan fingerprint density at radius 2 is 2.06 bits per heavy atom. The number of piperazine rings is 1. The first kappa shape index (κ1) is 13.4. The molecule has 0 aromatic heterocycles. The molecule has 2 aliphatic rings. The summed E-state index contributed by atoms with van der Waals surface area (Å²) in [5, 5.41) is 3.73. The van der Waals surface area contributed by atoms with Crippen LogP contribution in [-0.2, 0) is 0 Å². The number of nitrogens with zero attached hydrogens (tertiary/aromatic N) is 1. The lowest BCUT2D eigenvalue weighted by Crippen LogP contribution is -2.59. The molecule has 1 saturated heterocycles. The Morgan fingerprint density at radius 1 is 1.29 bits per heavy atom. The van der Waals surface area contributed by atoms with Crippen molar-refractivity contribution in [2.75, 3.05) is 19.6 Å². The minimum absolute atomic E-state index is 0.732. The fourth-order valence-corrected chi connectivity index (χ4v) is 3.22. The van der Waals surface area contributed by atoms with Gasteiger partial charge in [0.15, 0.2) is 0 Å². The van der Waals surface area contributed by atoms with Gasteiger partial charge >= 0.3 is 0 Å². The van der Waals surface area contributed by atoms with Crippen molar-refractivity contribution < 1.29 is 0 Å². The molecule has 1 aliphatic carbocycles. The molecule has 3 atom stereocenters. The van der Waals surface area contributed by atoms with E-state index in [1.54, 1.807) is 0 Å². The Morgan fingerprint density at radius 3 is 2.59 bits per heavy atom. The van der Waals surface area contributed by atoms with Crippen LogP contribution in [0, 0.1) is 11.8 Å². The third kappa shape index (κ3) is 3.23. The van der Waals surface area contributed by atoms with E-state index in [1.165, 1.54) is 51.7 Å². The second-order valence-electron chi connectivity index (χ2n) is 6.22. The van der Waals surface area contributed by atoms with E-state index >= 15 is 0 Å². The fraction of sp³-hybridized carbons (Fsp3) is 1.00. The Balaban J connectivity index is 1.92. The quantitative estimate of drug-likeness (QED) is 0.792. The van der Waals surface area contributed by atoms with Gasteiger partial charge in [-0.3, -0.25) is 4.90 Å². The summed E-state index contributed by atoms with van der Waals surface area (Å²) in [4.78, 5) is 2.81. The van der Waals surface area contributed by atoms with E-state index in [1.807, 2.05) is 0 Å². The molecule has 1 heterocycles. The first-order valence-electron chi connectivity index (χ1n) is 7.72. The van der Waals surface area contributed by atoms with Crippen LogP contribution in [-0.4, -0.2) is 36.6 Å². The molecule has 2 nitrogen and oxygen atoms in total. The van der Waals surface area contributed by atoms with Crippen molar-refractivity contribution in [3.8, 4) is 0 Å². The van der Waals surface area contributed by atoms with Crippen LogP contribution in [0.2, 0.25) is 0 Å². The Labute approximate surface area is 107 Å². The lowest BCUT2D eigenvalue weighted by atomic mass is 9.83. The van der Waals surface area contributed by atoms with E-state index in [0.29, 0.717) is 0 Å². The van der Waals surface area contributed by atoms with Crippen LogP contribution >= 0.6 is 0 Å². The van der Waals surface area contributed by atoms with E-state index in [9.17, 15) is 0 Å². The molecule has 0 radical (unpaired) electrons. The minimum atomic E-state index is 0.732. The van der Waals surface area contributed by atoms with Gasteiger partial charge in [0, 0.05) is 31.7 Å². The van der Waals surface area contributed by atoms with Crippen molar-refractivity contribution in [3.05, 3.63) is 0 Å². The highest BCUT2D eigenvalue weighted by atomic mass is 15.2. The summed E-state index contributed by atoms with van der Waals surface area (Å²) in [6.07, 6.45) is 7.02. The molecule has 2 fully saturated rings. The fourth-order valence-electron chi connectivity index (χ4n) is 3.22. The number of hydrogen-bond acceptors (Lipinski definition) is 2. The van der Waals surface area contributed by atoms with Crippen molar-refractivity contribution in [1.82, 2.24) is 10.2 Å². The molecule has 1 N–H and O–H groups in total. The third-order valence-electron chi connectivity index (χ3n) is 5.05. The van der Waals surface area contributed by atoms with Crippen LogP contribution in [0.15, 0.2) is 0 Å². The zero-order chi connectivity index (χ0) is 12.3. The summed E-state index contributed by atoms with van der Waals surface area (Å²) in [6.45, 7) is 10.9. The maximum absolute atomic E-state index is 3.73. The highest BCUT2D eigenvalue weighted by Crippen LogP contribution is 2.29. The first-order chi connectivity index (χ1) is 8.24. The van der Waals surface area contributed by atoms with Crippen LogP contribution in [0.4, 0.5) is 0 Å². The Kier molecular flexibility index (Phi) is 4.87. The summed E-state index contributed by atoms with van der Waals surface area (Å²) < 4.78 is 0. The van der Waals surface area contributed by atoms with Crippen LogP contribution in [0.1, 0.15) is 52.9 Å². The molecule has 100 valence electrons. The molecule has 1 saturated carbocycles. The summed E-state index contributed by atoms with van der Waals surface area (Å²) in [5.41, 5.74) is 0. The van der Waals surface area contributed by atoms with Crippen LogP contribution in [0.3, 0.4) is 0 Å². The normalized spacial score (nSPS) is 33.4. The van der Waals surface area contributed by atoms with Crippen molar-refractivity contribution in [2.24, 2.45) is 11.8 Å². The van der Waals surface area contributed by atoms with Crippen LogP contribution < -0.4 is 5.32 Å². The van der Waals surface area contributed by atoms with E-state index in [2.05, 4.69) is 31.0 Å². The predicted molar refractivity (Wildman–Crippen MR) is 74.2 cm³/mol. The SMILES string of the molecule is CCC1CN(CC2CCC2)C(C(C)CC)CN1. The second kappa shape index (κ2) is 6.19. The van der Waals surface area contributed by atoms with E-state index in [0.717, 1.165) is 23.9 Å². The first-order valence-corrected chi connectivity index (χ1v) is 7.72. The van der Waals surface area contributed by atoms with Gasteiger partial charge in [0.2, 0.25) is 0 Å². The zero-order valence-electron chi connectivity index (χ0n) is 11.9. The van der Waals surface area contributed by atoms with Gasteiger partial charge in [-0.25, -0.2) is 0 Å². The summed E-state index contributed by atoms with van der Waals surface area (Å²) in [5.74, 6) is 1.84. The summed E-state index contributed by atoms with van der Waals surface area (Å²) in [6, 6.07) is 1.51.